The number of nitrogens with zero attached hydrogens (tertiary/aromatic N) is 1. The summed E-state index contributed by atoms with van der Waals surface area (Å²) >= 11 is 18.0. The Labute approximate surface area is 179 Å². The van der Waals surface area contributed by atoms with Crippen LogP contribution in [0.3, 0.4) is 0 Å². The largest absolute Gasteiger partial charge is 0.502 e. The van der Waals surface area contributed by atoms with Crippen LogP contribution in [0.25, 0.3) is 11.5 Å². The summed E-state index contributed by atoms with van der Waals surface area (Å²) in [5.41, 5.74) is 3.95. The van der Waals surface area contributed by atoms with E-state index in [1.54, 1.807) is 22.8 Å². The number of hydrogen-bond donors (Lipinski definition) is 2. The number of aliphatic hydroxyl groups is 1. The lowest BCUT2D eigenvalue weighted by atomic mass is 10.1. The van der Waals surface area contributed by atoms with Gasteiger partial charge < -0.3 is 10.4 Å². The van der Waals surface area contributed by atoms with Gasteiger partial charge in [0.25, 0.3) is 5.70 Å². The third kappa shape index (κ3) is 4.71. The van der Waals surface area contributed by atoms with Gasteiger partial charge in [-0.3, -0.25) is 0 Å². The van der Waals surface area contributed by atoms with Gasteiger partial charge in [-0.2, -0.15) is 4.57 Å². The van der Waals surface area contributed by atoms with E-state index in [9.17, 15) is 5.11 Å². The van der Waals surface area contributed by atoms with E-state index in [1.165, 1.54) is 0 Å². The molecule has 0 bridgehead atoms. The highest BCUT2D eigenvalue weighted by Gasteiger charge is 2.25. The Hall–Kier alpha value is -2.40. The van der Waals surface area contributed by atoms with Gasteiger partial charge in [-0.15, -0.1) is 0 Å². The molecular formula is C22H19Cl2N2OS+. The summed E-state index contributed by atoms with van der Waals surface area (Å²) < 4.78 is 1.75. The molecule has 0 aliphatic heterocycles. The Morgan fingerprint density at radius 2 is 1.61 bits per heavy atom. The average molecular weight is 430 g/mol. The van der Waals surface area contributed by atoms with Crippen LogP contribution < -0.4 is 9.88 Å². The lowest BCUT2D eigenvalue weighted by molar-refractivity contribution is -0.575. The first-order valence-corrected chi connectivity index (χ1v) is 9.76. The molecule has 6 heteroatoms. The number of benzene rings is 2. The zero-order chi connectivity index (χ0) is 20.3. The van der Waals surface area contributed by atoms with Crippen molar-refractivity contribution in [1.82, 2.24) is 0 Å². The molecule has 0 aliphatic carbocycles. The van der Waals surface area contributed by atoms with E-state index in [-0.39, 0.29) is 5.76 Å². The molecule has 0 radical (unpaired) electrons. The van der Waals surface area contributed by atoms with Gasteiger partial charge in [0.15, 0.2) is 17.4 Å². The molecule has 28 heavy (non-hydrogen) atoms. The highest BCUT2D eigenvalue weighted by molar-refractivity contribution is 7.81. The molecule has 0 saturated heterocycles. The Balaban J connectivity index is 2.10. The SMILES string of the molecule is Cc1cc(C)cc(NC(=S)/C(=C(/O)c2ccc(Cl)cc2Cl)[n+]2ccccc2)c1. The minimum atomic E-state index is -0.0419. The molecule has 3 aromatic rings. The first kappa shape index (κ1) is 20.3. The molecule has 142 valence electrons. The molecule has 0 spiro atoms. The maximum absolute atomic E-state index is 11.1. The summed E-state index contributed by atoms with van der Waals surface area (Å²) in [5.74, 6) is -0.0419. The number of halogens is 2. The number of pyridine rings is 1. The maximum Gasteiger partial charge on any atom is 0.288 e. The lowest BCUT2D eigenvalue weighted by Gasteiger charge is -2.12. The monoisotopic (exact) mass is 429 g/mol. The van der Waals surface area contributed by atoms with Gasteiger partial charge in [0, 0.05) is 28.4 Å². The Kier molecular flexibility index (Phi) is 6.35. The van der Waals surface area contributed by atoms with Crippen molar-refractivity contribution in [3.05, 3.63) is 93.7 Å². The minimum absolute atomic E-state index is 0.0419. The van der Waals surface area contributed by atoms with Gasteiger partial charge in [-0.25, -0.2) is 0 Å². The predicted octanol–water partition coefficient (Wildman–Crippen LogP) is 6.22. The van der Waals surface area contributed by atoms with Crippen LogP contribution in [-0.4, -0.2) is 10.1 Å². The van der Waals surface area contributed by atoms with Gasteiger partial charge in [0.1, 0.15) is 0 Å². The fourth-order valence-corrected chi connectivity index (χ4v) is 3.76. The number of aliphatic hydroxyl groups excluding tert-OH is 1. The van der Waals surface area contributed by atoms with Crippen LogP contribution >= 0.6 is 35.4 Å². The van der Waals surface area contributed by atoms with Crippen molar-refractivity contribution < 1.29 is 9.67 Å². The Morgan fingerprint density at radius 1 is 0.964 bits per heavy atom. The second kappa shape index (κ2) is 8.74. The van der Waals surface area contributed by atoms with E-state index in [1.807, 2.05) is 56.6 Å². The standard InChI is InChI=1S/C22H18Cl2N2OS/c1-14-10-15(2)12-17(11-14)25-22(28)20(26-8-4-3-5-9-26)21(27)18-7-6-16(23)13-19(18)24/h3-13H,1-2H3,(H-,25,27,28)/p+1. The van der Waals surface area contributed by atoms with Crippen molar-refractivity contribution in [2.45, 2.75) is 13.8 Å². The summed E-state index contributed by atoms with van der Waals surface area (Å²) in [4.78, 5) is 0.365. The molecule has 0 unspecified atom stereocenters. The summed E-state index contributed by atoms with van der Waals surface area (Å²) in [5, 5.41) is 15.1. The van der Waals surface area contributed by atoms with E-state index < -0.39 is 0 Å². The van der Waals surface area contributed by atoms with Gasteiger partial charge in [0.2, 0.25) is 5.76 Å². The van der Waals surface area contributed by atoms with Crippen molar-refractivity contribution in [2.75, 3.05) is 5.32 Å². The highest BCUT2D eigenvalue weighted by atomic mass is 35.5. The molecule has 1 aromatic heterocycles. The van der Waals surface area contributed by atoms with Crippen LogP contribution in [0.15, 0.2) is 67.0 Å². The predicted molar refractivity (Wildman–Crippen MR) is 121 cm³/mol. The van der Waals surface area contributed by atoms with Crippen LogP contribution in [0.5, 0.6) is 0 Å². The number of hydrogen-bond acceptors (Lipinski definition) is 2. The molecule has 1 heterocycles. The first-order valence-electron chi connectivity index (χ1n) is 8.60. The van der Waals surface area contributed by atoms with Crippen LogP contribution in [0.1, 0.15) is 16.7 Å². The van der Waals surface area contributed by atoms with Gasteiger partial charge in [0.05, 0.1) is 5.02 Å². The molecule has 0 amide bonds. The van der Waals surface area contributed by atoms with E-state index in [0.717, 1.165) is 16.8 Å². The number of anilines is 1. The summed E-state index contributed by atoms with van der Waals surface area (Å²) in [7, 11) is 0. The number of nitrogens with one attached hydrogen (secondary N) is 1. The molecule has 0 atom stereocenters. The third-order valence-corrected chi connectivity index (χ3v) is 4.92. The number of aromatic nitrogens is 1. The molecule has 0 saturated carbocycles. The van der Waals surface area contributed by atoms with Crippen LogP contribution in [0.2, 0.25) is 10.0 Å². The minimum Gasteiger partial charge on any atom is -0.502 e. The smallest absolute Gasteiger partial charge is 0.288 e. The summed E-state index contributed by atoms with van der Waals surface area (Å²) in [6.07, 6.45) is 3.62. The molecule has 2 aromatic carbocycles. The molecule has 3 nitrogen and oxygen atoms in total. The molecule has 0 aliphatic rings. The van der Waals surface area contributed by atoms with Crippen molar-refractivity contribution in [1.29, 1.82) is 0 Å². The van der Waals surface area contributed by atoms with Crippen LogP contribution in [0, 0.1) is 13.8 Å². The van der Waals surface area contributed by atoms with E-state index in [2.05, 4.69) is 11.4 Å². The summed E-state index contributed by atoms with van der Waals surface area (Å²) in [6, 6.07) is 16.6. The second-order valence-electron chi connectivity index (χ2n) is 6.43. The Morgan fingerprint density at radius 3 is 2.21 bits per heavy atom. The molecule has 3 rings (SSSR count). The normalized spacial score (nSPS) is 11.7. The zero-order valence-corrected chi connectivity index (χ0v) is 17.7. The summed E-state index contributed by atoms with van der Waals surface area (Å²) in [6.45, 7) is 4.05. The quantitative estimate of drug-likeness (QED) is 0.223. The van der Waals surface area contributed by atoms with E-state index in [4.69, 9.17) is 35.4 Å². The van der Waals surface area contributed by atoms with Crippen LogP contribution in [-0.2, 0) is 0 Å². The van der Waals surface area contributed by atoms with Crippen molar-refractivity contribution in [3.8, 4) is 0 Å². The van der Waals surface area contributed by atoms with Crippen LogP contribution in [0.4, 0.5) is 5.69 Å². The Bertz CT molecular complexity index is 1050. The maximum atomic E-state index is 11.1. The first-order chi connectivity index (χ1) is 13.3. The van der Waals surface area contributed by atoms with Gasteiger partial charge >= 0.3 is 0 Å². The third-order valence-electron chi connectivity index (χ3n) is 4.08. The van der Waals surface area contributed by atoms with Crippen molar-refractivity contribution in [2.24, 2.45) is 0 Å². The number of thiocarbonyl (C=S) groups is 1. The fraction of sp³-hybridized carbons (Fsp3) is 0.0909. The van der Waals surface area contributed by atoms with Gasteiger partial charge in [-0.1, -0.05) is 47.6 Å². The molecule has 2 N–H and O–H groups in total. The fourth-order valence-electron chi connectivity index (χ4n) is 2.94. The number of aryl methyl sites for hydroxylation is 2. The number of rotatable bonds is 4. The lowest BCUT2D eigenvalue weighted by Crippen LogP contribution is -2.38. The van der Waals surface area contributed by atoms with E-state index >= 15 is 0 Å². The van der Waals surface area contributed by atoms with Crippen molar-refractivity contribution >= 4 is 57.6 Å². The van der Waals surface area contributed by atoms with Crippen molar-refractivity contribution in [3.63, 3.8) is 0 Å². The highest BCUT2D eigenvalue weighted by Crippen LogP contribution is 2.28. The van der Waals surface area contributed by atoms with E-state index in [0.29, 0.717) is 26.3 Å². The topological polar surface area (TPSA) is 36.1 Å². The average Bonchev–Trinajstić information content (AvgIpc) is 2.61. The molecule has 0 fully saturated rings. The zero-order valence-electron chi connectivity index (χ0n) is 15.4. The second-order valence-corrected chi connectivity index (χ2v) is 7.69. The van der Waals surface area contributed by atoms with Gasteiger partial charge in [-0.05, 0) is 55.3 Å². The molecular weight excluding hydrogens is 411 g/mol.